The number of halogens is 1. The Hall–Kier alpha value is -3.74. The van der Waals surface area contributed by atoms with Gasteiger partial charge in [-0.1, -0.05) is 11.2 Å². The molecule has 2 aromatic carbocycles. The van der Waals surface area contributed by atoms with Crippen LogP contribution in [0.2, 0.25) is 0 Å². The van der Waals surface area contributed by atoms with Crippen LogP contribution in [0.4, 0.5) is 4.39 Å². The summed E-state index contributed by atoms with van der Waals surface area (Å²) in [5.41, 5.74) is 1.71. The Morgan fingerprint density at radius 1 is 1.04 bits per heavy atom. The Labute approximate surface area is 153 Å². The lowest BCUT2D eigenvalue weighted by Gasteiger charge is -2.04. The Balaban J connectivity index is 1.52. The van der Waals surface area contributed by atoms with Crippen molar-refractivity contribution in [2.45, 2.75) is 6.54 Å². The topological polar surface area (TPSA) is 81.2 Å². The summed E-state index contributed by atoms with van der Waals surface area (Å²) in [6.07, 6.45) is 1.55. The van der Waals surface area contributed by atoms with Gasteiger partial charge < -0.3 is 14.3 Å². The molecule has 0 fully saturated rings. The van der Waals surface area contributed by atoms with Crippen LogP contribution in [0.3, 0.4) is 0 Å². The van der Waals surface area contributed by atoms with Gasteiger partial charge in [-0.25, -0.2) is 4.39 Å². The van der Waals surface area contributed by atoms with E-state index >= 15 is 0 Å². The molecule has 0 aliphatic carbocycles. The van der Waals surface area contributed by atoms with E-state index in [0.29, 0.717) is 34.8 Å². The summed E-state index contributed by atoms with van der Waals surface area (Å²) in [6, 6.07) is 16.2. The van der Waals surface area contributed by atoms with Crippen molar-refractivity contribution in [2.75, 3.05) is 0 Å². The first-order chi connectivity index (χ1) is 13.2. The molecule has 0 unspecified atom stereocenters. The van der Waals surface area contributed by atoms with Crippen LogP contribution in [0.25, 0.3) is 22.8 Å². The van der Waals surface area contributed by atoms with E-state index in [0.717, 1.165) is 0 Å². The van der Waals surface area contributed by atoms with Crippen molar-refractivity contribution in [1.29, 1.82) is 0 Å². The number of carbonyl (C=O) groups excluding carboxylic acids is 1. The van der Waals surface area contributed by atoms with Crippen molar-refractivity contribution < 1.29 is 18.1 Å². The number of carbonyl (C=O) groups is 1. The molecule has 7 heteroatoms. The minimum absolute atomic E-state index is 0.244. The molecule has 1 amide bonds. The van der Waals surface area contributed by atoms with Crippen molar-refractivity contribution in [3.05, 3.63) is 84.1 Å². The molecule has 6 nitrogen and oxygen atoms in total. The number of hydrogen-bond acceptors (Lipinski definition) is 5. The fourth-order valence-electron chi connectivity index (χ4n) is 2.53. The summed E-state index contributed by atoms with van der Waals surface area (Å²) in [5.74, 6) is 0.704. The van der Waals surface area contributed by atoms with Gasteiger partial charge in [0.2, 0.25) is 5.82 Å². The van der Waals surface area contributed by atoms with Crippen LogP contribution in [-0.2, 0) is 6.54 Å². The minimum atomic E-state index is -0.337. The highest BCUT2D eigenvalue weighted by Gasteiger charge is 2.13. The smallest absolute Gasteiger partial charge is 0.258 e. The molecule has 0 bridgehead atoms. The summed E-state index contributed by atoms with van der Waals surface area (Å²) in [5, 5.41) is 6.70. The Bertz CT molecular complexity index is 1060. The van der Waals surface area contributed by atoms with Crippen molar-refractivity contribution in [3.8, 4) is 22.8 Å². The van der Waals surface area contributed by atoms with E-state index in [2.05, 4.69) is 15.5 Å². The van der Waals surface area contributed by atoms with E-state index in [1.807, 2.05) is 0 Å². The van der Waals surface area contributed by atoms with Gasteiger partial charge in [-0.05, 0) is 54.6 Å². The van der Waals surface area contributed by atoms with Crippen molar-refractivity contribution >= 4 is 5.91 Å². The summed E-state index contributed by atoms with van der Waals surface area (Å²) >= 11 is 0. The molecule has 2 heterocycles. The molecule has 134 valence electrons. The number of amides is 1. The summed E-state index contributed by atoms with van der Waals surface area (Å²) < 4.78 is 23.5. The van der Waals surface area contributed by atoms with Crippen LogP contribution in [0.15, 0.2) is 75.9 Å². The van der Waals surface area contributed by atoms with Gasteiger partial charge >= 0.3 is 0 Å². The molecule has 4 aromatic rings. The van der Waals surface area contributed by atoms with Crippen molar-refractivity contribution in [1.82, 2.24) is 15.5 Å². The largest absolute Gasteiger partial charge is 0.467 e. The summed E-state index contributed by atoms with van der Waals surface area (Å²) in [7, 11) is 0. The number of rotatable bonds is 5. The van der Waals surface area contributed by atoms with Crippen molar-refractivity contribution in [3.63, 3.8) is 0 Å². The molecule has 1 N–H and O–H groups in total. The van der Waals surface area contributed by atoms with Gasteiger partial charge in [0.15, 0.2) is 0 Å². The first kappa shape index (κ1) is 16.7. The highest BCUT2D eigenvalue weighted by molar-refractivity contribution is 5.95. The molecule has 0 atom stereocenters. The fourth-order valence-corrected chi connectivity index (χ4v) is 2.53. The normalized spacial score (nSPS) is 10.7. The van der Waals surface area contributed by atoms with Gasteiger partial charge in [-0.15, -0.1) is 0 Å². The summed E-state index contributed by atoms with van der Waals surface area (Å²) in [6.45, 7) is 0.297. The zero-order chi connectivity index (χ0) is 18.6. The predicted octanol–water partition coefficient (Wildman–Crippen LogP) is 4.07. The maximum absolute atomic E-state index is 13.0. The van der Waals surface area contributed by atoms with Crippen LogP contribution in [0, 0.1) is 5.82 Å². The molecule has 0 radical (unpaired) electrons. The third-order valence-corrected chi connectivity index (χ3v) is 3.90. The SMILES string of the molecule is O=C(NCc1ccco1)c1cccc(-c2nc(-c3ccc(F)cc3)no2)c1. The second-order valence-corrected chi connectivity index (χ2v) is 5.77. The standard InChI is InChI=1S/C20H14FN3O3/c21-16-8-6-13(7-9-16)18-23-20(27-24-18)15-4-1-3-14(11-15)19(25)22-12-17-5-2-10-26-17/h1-11H,12H2,(H,22,25). The van der Waals surface area contributed by atoms with Crippen LogP contribution >= 0.6 is 0 Å². The van der Waals surface area contributed by atoms with Gasteiger partial charge in [0.25, 0.3) is 11.8 Å². The molecule has 0 saturated carbocycles. The van der Waals surface area contributed by atoms with Crippen molar-refractivity contribution in [2.24, 2.45) is 0 Å². The van der Waals surface area contributed by atoms with Gasteiger partial charge in [-0.3, -0.25) is 4.79 Å². The number of benzene rings is 2. The highest BCUT2D eigenvalue weighted by atomic mass is 19.1. The lowest BCUT2D eigenvalue weighted by molar-refractivity contribution is 0.0948. The molecule has 2 aromatic heterocycles. The number of furan rings is 1. The number of nitrogens with one attached hydrogen (secondary N) is 1. The lowest BCUT2D eigenvalue weighted by Crippen LogP contribution is -2.22. The molecular weight excluding hydrogens is 349 g/mol. The number of aromatic nitrogens is 2. The van der Waals surface area contributed by atoms with E-state index in [4.69, 9.17) is 8.94 Å². The average Bonchev–Trinajstić information content (AvgIpc) is 3.39. The molecule has 0 aliphatic heterocycles. The van der Waals surface area contributed by atoms with Crippen LogP contribution in [0.1, 0.15) is 16.1 Å². The first-order valence-electron chi connectivity index (χ1n) is 8.20. The third-order valence-electron chi connectivity index (χ3n) is 3.90. The lowest BCUT2D eigenvalue weighted by atomic mass is 10.1. The quantitative estimate of drug-likeness (QED) is 0.578. The van der Waals surface area contributed by atoms with E-state index in [1.54, 1.807) is 54.8 Å². The number of hydrogen-bond donors (Lipinski definition) is 1. The zero-order valence-electron chi connectivity index (χ0n) is 14.1. The van der Waals surface area contributed by atoms with Crippen LogP contribution in [0.5, 0.6) is 0 Å². The van der Waals surface area contributed by atoms with E-state index < -0.39 is 0 Å². The molecular formula is C20H14FN3O3. The molecule has 4 rings (SSSR count). The number of nitrogens with zero attached hydrogens (tertiary/aromatic N) is 2. The Morgan fingerprint density at radius 3 is 2.67 bits per heavy atom. The van der Waals surface area contributed by atoms with E-state index in [9.17, 15) is 9.18 Å². The second-order valence-electron chi connectivity index (χ2n) is 5.77. The monoisotopic (exact) mass is 363 g/mol. The highest BCUT2D eigenvalue weighted by Crippen LogP contribution is 2.23. The maximum Gasteiger partial charge on any atom is 0.258 e. The molecule has 0 aliphatic rings. The first-order valence-corrected chi connectivity index (χ1v) is 8.20. The maximum atomic E-state index is 13.0. The van der Waals surface area contributed by atoms with Gasteiger partial charge in [0.1, 0.15) is 11.6 Å². The van der Waals surface area contributed by atoms with Gasteiger partial charge in [-0.2, -0.15) is 4.98 Å². The van der Waals surface area contributed by atoms with E-state index in [-0.39, 0.29) is 17.6 Å². The average molecular weight is 363 g/mol. The molecule has 0 spiro atoms. The Kier molecular flexibility index (Phi) is 4.49. The Morgan fingerprint density at radius 2 is 1.89 bits per heavy atom. The fraction of sp³-hybridized carbons (Fsp3) is 0.0500. The summed E-state index contributed by atoms with van der Waals surface area (Å²) in [4.78, 5) is 16.6. The van der Waals surface area contributed by atoms with Crippen LogP contribution in [-0.4, -0.2) is 16.0 Å². The zero-order valence-corrected chi connectivity index (χ0v) is 14.1. The van der Waals surface area contributed by atoms with Gasteiger partial charge in [0.05, 0.1) is 12.8 Å². The van der Waals surface area contributed by atoms with Crippen LogP contribution < -0.4 is 5.32 Å². The molecule has 27 heavy (non-hydrogen) atoms. The predicted molar refractivity (Wildman–Crippen MR) is 95.0 cm³/mol. The van der Waals surface area contributed by atoms with E-state index in [1.165, 1.54) is 12.1 Å². The second kappa shape index (κ2) is 7.25. The molecule has 0 saturated heterocycles. The minimum Gasteiger partial charge on any atom is -0.467 e. The van der Waals surface area contributed by atoms with Gasteiger partial charge in [0, 0.05) is 16.7 Å². The third kappa shape index (κ3) is 3.77.